The summed E-state index contributed by atoms with van der Waals surface area (Å²) in [5.41, 5.74) is -3.34. The third kappa shape index (κ3) is 6.56. The van der Waals surface area contributed by atoms with Crippen LogP contribution in [0.1, 0.15) is 22.8 Å². The van der Waals surface area contributed by atoms with Gasteiger partial charge in [-0.25, -0.2) is 13.1 Å². The van der Waals surface area contributed by atoms with Crippen LogP contribution in [0, 0.1) is 0 Å². The predicted octanol–water partition coefficient (Wildman–Crippen LogP) is 3.53. The van der Waals surface area contributed by atoms with Crippen molar-refractivity contribution in [2.24, 2.45) is 0 Å². The van der Waals surface area contributed by atoms with Gasteiger partial charge in [0.05, 0.1) is 4.90 Å². The molecule has 0 radical (unpaired) electrons. The number of amides is 1. The van der Waals surface area contributed by atoms with Gasteiger partial charge in [0.2, 0.25) is 10.0 Å². The number of alkyl halides is 3. The molecule has 0 saturated heterocycles. The first-order valence-electron chi connectivity index (χ1n) is 7.83. The van der Waals surface area contributed by atoms with Crippen molar-refractivity contribution in [3.05, 3.63) is 59.7 Å². The Bertz CT molecular complexity index is 881. The molecule has 0 aliphatic carbocycles. The molecule has 27 heavy (non-hydrogen) atoms. The number of halogens is 3. The summed E-state index contributed by atoms with van der Waals surface area (Å²) in [5, 5.41) is 2.66. The third-order valence-electron chi connectivity index (χ3n) is 3.39. The third-order valence-corrected chi connectivity index (χ3v) is 5.54. The second kappa shape index (κ2) is 8.77. The van der Waals surface area contributed by atoms with Gasteiger partial charge in [0, 0.05) is 23.5 Å². The van der Waals surface area contributed by atoms with E-state index in [2.05, 4.69) is 10.0 Å². The Morgan fingerprint density at radius 2 is 1.63 bits per heavy atom. The van der Waals surface area contributed by atoms with Crippen LogP contribution in [0.4, 0.5) is 13.2 Å². The number of nitrogens with one attached hydrogen (secondary N) is 2. The lowest BCUT2D eigenvalue weighted by Gasteiger charge is -2.09. The zero-order valence-electron chi connectivity index (χ0n) is 14.2. The number of hydrogen-bond donors (Lipinski definition) is 2. The van der Waals surface area contributed by atoms with E-state index in [0.29, 0.717) is 17.7 Å². The van der Waals surface area contributed by atoms with Crippen LogP contribution < -0.4 is 10.0 Å². The van der Waals surface area contributed by atoms with Gasteiger partial charge in [-0.1, -0.05) is 12.1 Å². The van der Waals surface area contributed by atoms with Crippen molar-refractivity contribution in [1.29, 1.82) is 0 Å². The van der Waals surface area contributed by atoms with Gasteiger partial charge in [-0.3, -0.25) is 4.79 Å². The van der Waals surface area contributed by atoms with Crippen molar-refractivity contribution in [3.8, 4) is 0 Å². The topological polar surface area (TPSA) is 75.3 Å². The Labute approximate surface area is 159 Å². The van der Waals surface area contributed by atoms with Gasteiger partial charge < -0.3 is 5.32 Å². The zero-order valence-corrected chi connectivity index (χ0v) is 15.8. The molecule has 2 aromatic rings. The summed E-state index contributed by atoms with van der Waals surface area (Å²) in [6.45, 7) is 2.28. The Hall–Kier alpha value is -2.04. The molecule has 2 N–H and O–H groups in total. The van der Waals surface area contributed by atoms with E-state index in [1.54, 1.807) is 31.2 Å². The number of carbonyl (C=O) groups is 1. The molecule has 0 aliphatic heterocycles. The molecule has 1 amide bonds. The average Bonchev–Trinajstić information content (AvgIpc) is 2.60. The van der Waals surface area contributed by atoms with E-state index < -0.39 is 15.5 Å². The van der Waals surface area contributed by atoms with E-state index in [1.165, 1.54) is 0 Å². The van der Waals surface area contributed by atoms with E-state index in [1.807, 2.05) is 0 Å². The molecule has 10 heteroatoms. The minimum absolute atomic E-state index is 0.0168. The molecule has 0 heterocycles. The molecule has 2 aromatic carbocycles. The highest BCUT2D eigenvalue weighted by Gasteiger charge is 2.29. The highest BCUT2D eigenvalue weighted by Crippen LogP contribution is 2.36. The first kappa shape index (κ1) is 21.3. The number of rotatable bonds is 7. The summed E-state index contributed by atoms with van der Waals surface area (Å²) in [7, 11) is -3.87. The fourth-order valence-electron chi connectivity index (χ4n) is 2.12. The lowest BCUT2D eigenvalue weighted by molar-refractivity contribution is -0.0328. The maximum atomic E-state index is 12.3. The van der Waals surface area contributed by atoms with Gasteiger partial charge in [0.15, 0.2) is 0 Å². The van der Waals surface area contributed by atoms with E-state index in [9.17, 15) is 26.4 Å². The van der Waals surface area contributed by atoms with Gasteiger partial charge in [-0.05, 0) is 60.6 Å². The van der Waals surface area contributed by atoms with Crippen molar-refractivity contribution in [3.63, 3.8) is 0 Å². The summed E-state index contributed by atoms with van der Waals surface area (Å²) < 4.78 is 63.8. The summed E-state index contributed by atoms with van der Waals surface area (Å²) in [6, 6.07) is 10.9. The van der Waals surface area contributed by atoms with E-state index in [-0.39, 0.29) is 34.0 Å². The maximum Gasteiger partial charge on any atom is 0.446 e. The SMILES string of the molecule is CCNC(=O)c1ccc(CNS(=O)(=O)c2ccc(SC(F)(F)F)cc2)cc1. The zero-order chi connectivity index (χ0) is 20.1. The van der Waals surface area contributed by atoms with Crippen LogP contribution in [0.3, 0.4) is 0 Å². The molecule has 146 valence electrons. The number of thioether (sulfide) groups is 1. The second-order valence-electron chi connectivity index (χ2n) is 5.40. The summed E-state index contributed by atoms with van der Waals surface area (Å²) in [5.74, 6) is -0.221. The van der Waals surface area contributed by atoms with Crippen molar-refractivity contribution in [2.45, 2.75) is 28.8 Å². The number of sulfonamides is 1. The van der Waals surface area contributed by atoms with E-state index in [4.69, 9.17) is 0 Å². The second-order valence-corrected chi connectivity index (χ2v) is 8.31. The van der Waals surface area contributed by atoms with Gasteiger partial charge in [0.25, 0.3) is 5.91 Å². The molecule has 0 spiro atoms. The quantitative estimate of drug-likeness (QED) is 0.675. The Morgan fingerprint density at radius 3 is 2.15 bits per heavy atom. The highest BCUT2D eigenvalue weighted by molar-refractivity contribution is 8.00. The fourth-order valence-corrected chi connectivity index (χ4v) is 3.68. The Kier molecular flexibility index (Phi) is 6.90. The summed E-state index contributed by atoms with van der Waals surface area (Å²) in [4.78, 5) is 11.5. The molecule has 0 unspecified atom stereocenters. The van der Waals surface area contributed by atoms with Crippen molar-refractivity contribution < 1.29 is 26.4 Å². The van der Waals surface area contributed by atoms with Gasteiger partial charge in [-0.2, -0.15) is 13.2 Å². The number of benzene rings is 2. The van der Waals surface area contributed by atoms with Crippen LogP contribution in [0.2, 0.25) is 0 Å². The Morgan fingerprint density at radius 1 is 1.04 bits per heavy atom. The lowest BCUT2D eigenvalue weighted by Crippen LogP contribution is -2.24. The average molecular weight is 418 g/mol. The van der Waals surface area contributed by atoms with Crippen molar-refractivity contribution >= 4 is 27.7 Å². The van der Waals surface area contributed by atoms with Crippen LogP contribution in [-0.4, -0.2) is 26.4 Å². The minimum Gasteiger partial charge on any atom is -0.352 e. The number of hydrogen-bond acceptors (Lipinski definition) is 4. The lowest BCUT2D eigenvalue weighted by atomic mass is 10.1. The monoisotopic (exact) mass is 418 g/mol. The van der Waals surface area contributed by atoms with Crippen molar-refractivity contribution in [1.82, 2.24) is 10.0 Å². The smallest absolute Gasteiger partial charge is 0.352 e. The van der Waals surface area contributed by atoms with Crippen LogP contribution in [0.5, 0.6) is 0 Å². The summed E-state index contributed by atoms with van der Waals surface area (Å²) in [6.07, 6.45) is 0. The normalized spacial score (nSPS) is 12.0. The van der Waals surface area contributed by atoms with E-state index >= 15 is 0 Å². The fraction of sp³-hybridized carbons (Fsp3) is 0.235. The van der Waals surface area contributed by atoms with Crippen molar-refractivity contribution in [2.75, 3.05) is 6.54 Å². The van der Waals surface area contributed by atoms with Gasteiger partial charge in [-0.15, -0.1) is 0 Å². The van der Waals surface area contributed by atoms with Gasteiger partial charge in [0.1, 0.15) is 0 Å². The molecular weight excluding hydrogens is 401 g/mol. The standard InChI is InChI=1S/C17H17F3N2O3S2/c1-2-21-16(23)13-5-3-12(4-6-13)11-22-27(24,25)15-9-7-14(8-10-15)26-17(18,19)20/h3-10,22H,2,11H2,1H3,(H,21,23). The van der Waals surface area contributed by atoms with Crippen LogP contribution in [0.25, 0.3) is 0 Å². The van der Waals surface area contributed by atoms with Crippen LogP contribution >= 0.6 is 11.8 Å². The molecule has 0 bridgehead atoms. The molecule has 2 rings (SSSR count). The molecule has 0 atom stereocenters. The van der Waals surface area contributed by atoms with Crippen LogP contribution in [0.15, 0.2) is 58.3 Å². The Balaban J connectivity index is 2.01. The molecule has 0 aliphatic rings. The highest BCUT2D eigenvalue weighted by atomic mass is 32.2. The maximum absolute atomic E-state index is 12.3. The molecule has 0 saturated carbocycles. The molecular formula is C17H17F3N2O3S2. The van der Waals surface area contributed by atoms with E-state index in [0.717, 1.165) is 24.3 Å². The number of carbonyl (C=O) groups excluding carboxylic acids is 1. The molecule has 0 fully saturated rings. The van der Waals surface area contributed by atoms with Gasteiger partial charge >= 0.3 is 5.51 Å². The largest absolute Gasteiger partial charge is 0.446 e. The first-order valence-corrected chi connectivity index (χ1v) is 10.1. The first-order chi connectivity index (χ1) is 12.6. The molecule has 5 nitrogen and oxygen atoms in total. The predicted molar refractivity (Wildman–Crippen MR) is 96.8 cm³/mol. The minimum atomic E-state index is -4.43. The van der Waals surface area contributed by atoms with Crippen LogP contribution in [-0.2, 0) is 16.6 Å². The summed E-state index contributed by atoms with van der Waals surface area (Å²) >= 11 is -0.311. The molecule has 0 aromatic heterocycles.